The Morgan fingerprint density at radius 2 is 1.82 bits per heavy atom. The highest BCUT2D eigenvalue weighted by atomic mass is 35.5. The lowest BCUT2D eigenvalue weighted by Crippen LogP contribution is -2.44. The molecule has 0 heterocycles. The summed E-state index contributed by atoms with van der Waals surface area (Å²) in [6.45, 7) is 10.4. The summed E-state index contributed by atoms with van der Waals surface area (Å²) in [4.78, 5) is 0. The Kier molecular flexibility index (Phi) is 3.79. The van der Waals surface area contributed by atoms with Gasteiger partial charge in [-0.15, -0.1) is 0 Å². The summed E-state index contributed by atoms with van der Waals surface area (Å²) in [6.07, 6.45) is 0. The van der Waals surface area contributed by atoms with Crippen molar-refractivity contribution in [1.29, 1.82) is 0 Å². The highest BCUT2D eigenvalue weighted by molar-refractivity contribution is 6.74. The Morgan fingerprint density at radius 3 is 2.29 bits per heavy atom. The van der Waals surface area contributed by atoms with Crippen LogP contribution in [-0.4, -0.2) is 8.32 Å². The van der Waals surface area contributed by atoms with Crippen LogP contribution in [0.1, 0.15) is 20.8 Å². The summed E-state index contributed by atoms with van der Waals surface area (Å²) in [7, 11) is -2.06. The van der Waals surface area contributed by atoms with Crippen LogP contribution in [0.2, 0.25) is 23.2 Å². The second-order valence-electron chi connectivity index (χ2n) is 5.67. The molecule has 2 nitrogen and oxygen atoms in total. The molecular formula is C12H19ClFNOSi. The molecule has 1 aromatic rings. The standard InChI is InChI=1S/C12H19ClFNOSi/c1-12(2,3)17(4,5)16-11-6-8(13)10(15)7-9(11)14/h6-7H,15H2,1-5H3. The van der Waals surface area contributed by atoms with Crippen LogP contribution >= 0.6 is 11.6 Å². The third-order valence-electron chi connectivity index (χ3n) is 3.22. The van der Waals surface area contributed by atoms with Crippen LogP contribution < -0.4 is 10.2 Å². The van der Waals surface area contributed by atoms with Crippen molar-refractivity contribution in [3.63, 3.8) is 0 Å². The largest absolute Gasteiger partial charge is 0.542 e. The minimum absolute atomic E-state index is 0.00724. The first-order chi connectivity index (χ1) is 7.54. The van der Waals surface area contributed by atoms with Gasteiger partial charge in [0.25, 0.3) is 8.32 Å². The molecule has 1 rings (SSSR count). The SMILES string of the molecule is CC(C)(C)[Si](C)(C)Oc1cc(Cl)c(N)cc1F. The van der Waals surface area contributed by atoms with Crippen LogP contribution in [0.15, 0.2) is 12.1 Å². The maximum Gasteiger partial charge on any atom is 0.250 e. The van der Waals surface area contributed by atoms with Gasteiger partial charge < -0.3 is 10.2 Å². The topological polar surface area (TPSA) is 35.2 Å². The van der Waals surface area contributed by atoms with Gasteiger partial charge in [0.05, 0.1) is 10.7 Å². The monoisotopic (exact) mass is 275 g/mol. The van der Waals surface area contributed by atoms with E-state index in [0.717, 1.165) is 0 Å². The highest BCUT2D eigenvalue weighted by Crippen LogP contribution is 2.39. The summed E-state index contributed by atoms with van der Waals surface area (Å²) in [5.74, 6) is -0.271. The molecule has 0 atom stereocenters. The molecule has 0 unspecified atom stereocenters. The fourth-order valence-corrected chi connectivity index (χ4v) is 2.22. The maximum atomic E-state index is 13.7. The van der Waals surface area contributed by atoms with E-state index in [9.17, 15) is 4.39 Å². The van der Waals surface area contributed by atoms with Gasteiger partial charge in [-0.2, -0.15) is 0 Å². The molecular weight excluding hydrogens is 257 g/mol. The first-order valence-corrected chi connectivity index (χ1v) is 8.77. The van der Waals surface area contributed by atoms with Crippen LogP contribution in [-0.2, 0) is 0 Å². The molecule has 0 aromatic heterocycles. The van der Waals surface area contributed by atoms with E-state index in [1.165, 1.54) is 12.1 Å². The average molecular weight is 276 g/mol. The number of anilines is 1. The van der Waals surface area contributed by atoms with Crippen molar-refractivity contribution in [1.82, 2.24) is 0 Å². The van der Waals surface area contributed by atoms with Crippen molar-refractivity contribution >= 4 is 25.6 Å². The summed E-state index contributed by atoms with van der Waals surface area (Å²) < 4.78 is 19.6. The van der Waals surface area contributed by atoms with Crippen LogP contribution in [0.25, 0.3) is 0 Å². The maximum absolute atomic E-state index is 13.7. The molecule has 0 aliphatic rings. The van der Waals surface area contributed by atoms with Crippen molar-refractivity contribution in [2.24, 2.45) is 0 Å². The lowest BCUT2D eigenvalue weighted by molar-refractivity contribution is 0.457. The second kappa shape index (κ2) is 4.50. The van der Waals surface area contributed by atoms with E-state index in [1.807, 2.05) is 0 Å². The third-order valence-corrected chi connectivity index (χ3v) is 7.89. The Morgan fingerprint density at radius 1 is 1.29 bits per heavy atom. The first kappa shape index (κ1) is 14.3. The zero-order valence-electron chi connectivity index (χ0n) is 10.9. The number of rotatable bonds is 2. The normalized spacial score (nSPS) is 12.6. The fourth-order valence-electron chi connectivity index (χ4n) is 1.05. The number of benzene rings is 1. The molecule has 0 radical (unpaired) electrons. The zero-order valence-corrected chi connectivity index (χ0v) is 12.7. The summed E-state index contributed by atoms with van der Waals surface area (Å²) in [5, 5.41) is 0.327. The Balaban J connectivity index is 3.08. The van der Waals surface area contributed by atoms with Crippen LogP contribution in [0, 0.1) is 5.82 Å². The number of nitrogens with two attached hydrogens (primary N) is 1. The summed E-state index contributed by atoms with van der Waals surface area (Å²) in [5.41, 5.74) is 5.75. The smallest absolute Gasteiger partial charge is 0.250 e. The fraction of sp³-hybridized carbons (Fsp3) is 0.500. The molecule has 2 N–H and O–H groups in total. The number of nitrogen functional groups attached to an aromatic ring is 1. The molecule has 0 saturated carbocycles. The van der Waals surface area contributed by atoms with Crippen molar-refractivity contribution < 1.29 is 8.82 Å². The molecule has 1 aromatic carbocycles. The van der Waals surface area contributed by atoms with E-state index in [-0.39, 0.29) is 16.5 Å². The predicted molar refractivity (Wildman–Crippen MR) is 73.6 cm³/mol. The number of halogens is 2. The molecule has 0 saturated heterocycles. The van der Waals surface area contributed by atoms with Gasteiger partial charge in [0, 0.05) is 12.1 Å². The average Bonchev–Trinajstić information content (AvgIpc) is 2.12. The molecule has 5 heteroatoms. The Hall–Kier alpha value is -0.743. The van der Waals surface area contributed by atoms with Crippen LogP contribution in [0.5, 0.6) is 5.75 Å². The molecule has 0 spiro atoms. The Bertz CT molecular complexity index is 429. The van der Waals surface area contributed by atoms with E-state index in [1.54, 1.807) is 0 Å². The molecule has 0 amide bonds. The van der Waals surface area contributed by atoms with E-state index >= 15 is 0 Å². The lowest BCUT2D eigenvalue weighted by Gasteiger charge is -2.36. The van der Waals surface area contributed by atoms with Gasteiger partial charge in [-0.25, -0.2) is 4.39 Å². The lowest BCUT2D eigenvalue weighted by atomic mass is 10.2. The van der Waals surface area contributed by atoms with Gasteiger partial charge in [-0.1, -0.05) is 32.4 Å². The zero-order chi connectivity index (χ0) is 13.4. The molecule has 0 aliphatic heterocycles. The van der Waals surface area contributed by atoms with Gasteiger partial charge in [-0.05, 0) is 18.1 Å². The highest BCUT2D eigenvalue weighted by Gasteiger charge is 2.39. The predicted octanol–water partition coefficient (Wildman–Crippen LogP) is 4.45. The van der Waals surface area contributed by atoms with Gasteiger partial charge in [0.15, 0.2) is 5.82 Å². The number of hydrogen-bond donors (Lipinski definition) is 1. The van der Waals surface area contributed by atoms with Crippen molar-refractivity contribution in [2.45, 2.75) is 38.9 Å². The van der Waals surface area contributed by atoms with E-state index in [4.69, 9.17) is 21.8 Å². The Labute approximate surface area is 108 Å². The molecule has 0 aliphatic carbocycles. The third kappa shape index (κ3) is 3.13. The van der Waals surface area contributed by atoms with E-state index in [2.05, 4.69) is 33.9 Å². The molecule has 96 valence electrons. The second-order valence-corrected chi connectivity index (χ2v) is 10.8. The van der Waals surface area contributed by atoms with Crippen molar-refractivity contribution in [2.75, 3.05) is 5.73 Å². The summed E-state index contributed by atoms with van der Waals surface area (Å²) in [6, 6.07) is 2.65. The van der Waals surface area contributed by atoms with Gasteiger partial charge in [0.1, 0.15) is 5.75 Å². The van der Waals surface area contributed by atoms with E-state index < -0.39 is 14.1 Å². The summed E-state index contributed by atoms with van der Waals surface area (Å²) >= 11 is 5.87. The van der Waals surface area contributed by atoms with Crippen LogP contribution in [0.4, 0.5) is 10.1 Å². The van der Waals surface area contributed by atoms with Gasteiger partial charge in [-0.3, -0.25) is 0 Å². The molecule has 17 heavy (non-hydrogen) atoms. The minimum Gasteiger partial charge on any atom is -0.542 e. The molecule has 0 bridgehead atoms. The minimum atomic E-state index is -2.06. The van der Waals surface area contributed by atoms with E-state index in [0.29, 0.717) is 5.02 Å². The van der Waals surface area contributed by atoms with Gasteiger partial charge in [0.2, 0.25) is 0 Å². The molecule has 0 fully saturated rings. The van der Waals surface area contributed by atoms with Crippen molar-refractivity contribution in [3.05, 3.63) is 23.0 Å². The first-order valence-electron chi connectivity index (χ1n) is 5.48. The number of hydrogen-bond acceptors (Lipinski definition) is 2. The van der Waals surface area contributed by atoms with Crippen LogP contribution in [0.3, 0.4) is 0 Å². The van der Waals surface area contributed by atoms with Gasteiger partial charge >= 0.3 is 0 Å². The quantitative estimate of drug-likeness (QED) is 0.639. The van der Waals surface area contributed by atoms with Crippen molar-refractivity contribution in [3.8, 4) is 5.75 Å².